The van der Waals surface area contributed by atoms with Crippen LogP contribution < -0.4 is 4.74 Å². The molecule has 118 valence electrons. The molecule has 0 amide bonds. The van der Waals surface area contributed by atoms with Gasteiger partial charge in [0.15, 0.2) is 0 Å². The molecule has 2 atom stereocenters. The van der Waals surface area contributed by atoms with Crippen molar-refractivity contribution in [3.8, 4) is 22.1 Å². The van der Waals surface area contributed by atoms with Crippen molar-refractivity contribution in [2.75, 3.05) is 6.61 Å². The second-order valence-corrected chi connectivity index (χ2v) is 7.23. The number of thiophene rings is 1. The maximum atomic E-state index is 6.11. The zero-order valence-electron chi connectivity index (χ0n) is 13.6. The molecule has 0 bridgehead atoms. The summed E-state index contributed by atoms with van der Waals surface area (Å²) in [6, 6.07) is 8.56. The third-order valence-electron chi connectivity index (χ3n) is 4.82. The van der Waals surface area contributed by atoms with Crippen LogP contribution in [0.25, 0.3) is 16.4 Å². The fourth-order valence-electron chi connectivity index (χ4n) is 3.19. The van der Waals surface area contributed by atoms with E-state index in [1.54, 1.807) is 11.3 Å². The average Bonchev–Trinajstić information content (AvgIpc) is 3.19. The molecule has 3 aromatic rings. The van der Waals surface area contributed by atoms with E-state index in [9.17, 15) is 0 Å². The van der Waals surface area contributed by atoms with Gasteiger partial charge < -0.3 is 4.74 Å². The first kappa shape index (κ1) is 14.5. The number of nitrogens with zero attached hydrogens (tertiary/aromatic N) is 2. The van der Waals surface area contributed by atoms with Gasteiger partial charge in [-0.05, 0) is 47.4 Å². The number of rotatable bonds is 2. The molecule has 0 saturated carbocycles. The summed E-state index contributed by atoms with van der Waals surface area (Å²) in [6.07, 6.45) is 3.89. The summed E-state index contributed by atoms with van der Waals surface area (Å²) < 4.78 is 8.28. The SMILES string of the molecule is Cc1ccsc1-n1ccnc1-c1cccc2c1OCC(C)C2C. The van der Waals surface area contributed by atoms with Crippen LogP contribution in [0.5, 0.6) is 5.75 Å². The number of hydrogen-bond donors (Lipinski definition) is 0. The Balaban J connectivity index is 1.88. The predicted molar refractivity (Wildman–Crippen MR) is 94.7 cm³/mol. The number of para-hydroxylation sites is 1. The van der Waals surface area contributed by atoms with Gasteiger partial charge in [-0.1, -0.05) is 26.0 Å². The Morgan fingerprint density at radius 3 is 2.91 bits per heavy atom. The van der Waals surface area contributed by atoms with Crippen molar-refractivity contribution in [1.82, 2.24) is 9.55 Å². The highest BCUT2D eigenvalue weighted by atomic mass is 32.1. The summed E-state index contributed by atoms with van der Waals surface area (Å²) >= 11 is 1.74. The van der Waals surface area contributed by atoms with Crippen LogP contribution in [0, 0.1) is 12.8 Å². The molecule has 1 aromatic carbocycles. The van der Waals surface area contributed by atoms with E-state index >= 15 is 0 Å². The molecule has 0 aliphatic carbocycles. The van der Waals surface area contributed by atoms with E-state index in [4.69, 9.17) is 4.74 Å². The number of aromatic nitrogens is 2. The molecule has 4 heteroatoms. The highest BCUT2D eigenvalue weighted by molar-refractivity contribution is 7.12. The van der Waals surface area contributed by atoms with Crippen LogP contribution in [0.4, 0.5) is 0 Å². The Bertz CT molecular complexity index is 849. The quantitative estimate of drug-likeness (QED) is 0.660. The first-order valence-corrected chi connectivity index (χ1v) is 8.88. The molecule has 1 aliphatic heterocycles. The van der Waals surface area contributed by atoms with Crippen LogP contribution >= 0.6 is 11.3 Å². The average molecular weight is 324 g/mol. The number of hydrogen-bond acceptors (Lipinski definition) is 3. The zero-order chi connectivity index (χ0) is 16.0. The fourth-order valence-corrected chi connectivity index (χ4v) is 4.11. The minimum absolute atomic E-state index is 0.505. The summed E-state index contributed by atoms with van der Waals surface area (Å²) in [5.74, 6) is 3.00. The van der Waals surface area contributed by atoms with Crippen molar-refractivity contribution in [1.29, 1.82) is 0 Å². The van der Waals surface area contributed by atoms with Crippen molar-refractivity contribution in [3.05, 3.63) is 53.2 Å². The zero-order valence-corrected chi connectivity index (χ0v) is 14.4. The third kappa shape index (κ3) is 2.29. The summed E-state index contributed by atoms with van der Waals surface area (Å²) in [6.45, 7) is 7.43. The van der Waals surface area contributed by atoms with Gasteiger partial charge in [0.2, 0.25) is 0 Å². The Kier molecular flexibility index (Phi) is 3.49. The largest absolute Gasteiger partial charge is 0.492 e. The van der Waals surface area contributed by atoms with Gasteiger partial charge in [0.1, 0.15) is 16.6 Å². The van der Waals surface area contributed by atoms with Gasteiger partial charge in [0.25, 0.3) is 0 Å². The molecule has 2 aromatic heterocycles. The molecule has 0 spiro atoms. The smallest absolute Gasteiger partial charge is 0.148 e. The lowest BCUT2D eigenvalue weighted by Gasteiger charge is -2.30. The number of aryl methyl sites for hydroxylation is 1. The molecule has 3 nitrogen and oxygen atoms in total. The Morgan fingerprint density at radius 2 is 2.13 bits per heavy atom. The van der Waals surface area contributed by atoms with Crippen LogP contribution in [0.15, 0.2) is 42.0 Å². The molecule has 1 aliphatic rings. The minimum Gasteiger partial charge on any atom is -0.492 e. The summed E-state index contributed by atoms with van der Waals surface area (Å²) in [4.78, 5) is 4.63. The van der Waals surface area contributed by atoms with Gasteiger partial charge in [-0.3, -0.25) is 4.57 Å². The fraction of sp³-hybridized carbons (Fsp3) is 0.316. The first-order valence-electron chi connectivity index (χ1n) is 8.00. The minimum atomic E-state index is 0.505. The Labute approximate surface area is 140 Å². The first-order chi connectivity index (χ1) is 11.2. The molecular weight excluding hydrogens is 304 g/mol. The third-order valence-corrected chi connectivity index (χ3v) is 5.83. The van der Waals surface area contributed by atoms with Crippen molar-refractivity contribution in [3.63, 3.8) is 0 Å². The molecule has 0 saturated heterocycles. The molecular formula is C19H20N2OS. The molecule has 4 rings (SSSR count). The lowest BCUT2D eigenvalue weighted by Crippen LogP contribution is -2.22. The van der Waals surface area contributed by atoms with E-state index in [2.05, 4.69) is 60.0 Å². The lowest BCUT2D eigenvalue weighted by molar-refractivity contribution is 0.212. The highest BCUT2D eigenvalue weighted by Gasteiger charge is 2.27. The van der Waals surface area contributed by atoms with Gasteiger partial charge in [0.05, 0.1) is 12.2 Å². The van der Waals surface area contributed by atoms with Crippen LogP contribution in [0.2, 0.25) is 0 Å². The summed E-state index contributed by atoms with van der Waals surface area (Å²) in [5, 5.41) is 3.34. The monoisotopic (exact) mass is 324 g/mol. The second kappa shape index (κ2) is 5.53. The summed E-state index contributed by atoms with van der Waals surface area (Å²) in [5.41, 5.74) is 3.64. The topological polar surface area (TPSA) is 27.1 Å². The maximum absolute atomic E-state index is 6.11. The van der Waals surface area contributed by atoms with Crippen molar-refractivity contribution in [2.24, 2.45) is 5.92 Å². The molecule has 0 N–H and O–H groups in total. The van der Waals surface area contributed by atoms with Crippen molar-refractivity contribution in [2.45, 2.75) is 26.7 Å². The molecule has 3 heterocycles. The molecule has 23 heavy (non-hydrogen) atoms. The normalized spacial score (nSPS) is 20.1. The Morgan fingerprint density at radius 1 is 1.26 bits per heavy atom. The van der Waals surface area contributed by atoms with E-state index in [0.717, 1.165) is 23.7 Å². The standard InChI is InChI=1S/C19H20N2OS/c1-12-7-10-23-19(12)21-9-8-20-18(21)16-6-4-5-15-14(3)13(2)11-22-17(15)16/h4-10,13-14H,11H2,1-3H3. The van der Waals surface area contributed by atoms with E-state index < -0.39 is 0 Å². The summed E-state index contributed by atoms with van der Waals surface area (Å²) in [7, 11) is 0. The number of ether oxygens (including phenoxy) is 1. The maximum Gasteiger partial charge on any atom is 0.148 e. The van der Waals surface area contributed by atoms with Gasteiger partial charge in [-0.15, -0.1) is 11.3 Å². The van der Waals surface area contributed by atoms with E-state index in [-0.39, 0.29) is 0 Å². The van der Waals surface area contributed by atoms with E-state index in [1.807, 2.05) is 12.4 Å². The van der Waals surface area contributed by atoms with E-state index in [0.29, 0.717) is 11.8 Å². The van der Waals surface area contributed by atoms with Crippen LogP contribution in [-0.4, -0.2) is 16.2 Å². The molecule has 0 radical (unpaired) electrons. The lowest BCUT2D eigenvalue weighted by atomic mass is 9.85. The van der Waals surface area contributed by atoms with E-state index in [1.165, 1.54) is 16.1 Å². The van der Waals surface area contributed by atoms with Crippen LogP contribution in [0.3, 0.4) is 0 Å². The van der Waals surface area contributed by atoms with Crippen LogP contribution in [-0.2, 0) is 0 Å². The van der Waals surface area contributed by atoms with Gasteiger partial charge in [-0.2, -0.15) is 0 Å². The van der Waals surface area contributed by atoms with Gasteiger partial charge in [0, 0.05) is 12.4 Å². The van der Waals surface area contributed by atoms with Gasteiger partial charge >= 0.3 is 0 Å². The second-order valence-electron chi connectivity index (χ2n) is 6.33. The number of fused-ring (bicyclic) bond motifs is 1. The van der Waals surface area contributed by atoms with Crippen molar-refractivity contribution >= 4 is 11.3 Å². The predicted octanol–water partition coefficient (Wildman–Crippen LogP) is 5.04. The molecule has 2 unspecified atom stereocenters. The number of imidazole rings is 1. The highest BCUT2D eigenvalue weighted by Crippen LogP contribution is 2.43. The van der Waals surface area contributed by atoms with Crippen LogP contribution in [0.1, 0.15) is 30.9 Å². The molecule has 0 fully saturated rings. The Hall–Kier alpha value is -2.07. The van der Waals surface area contributed by atoms with Crippen molar-refractivity contribution < 1.29 is 4.74 Å². The van der Waals surface area contributed by atoms with Gasteiger partial charge in [-0.25, -0.2) is 4.98 Å². The number of benzene rings is 1.